The second-order valence-corrected chi connectivity index (χ2v) is 5.82. The molecule has 0 saturated heterocycles. The summed E-state index contributed by atoms with van der Waals surface area (Å²) in [5, 5.41) is 36.8. The highest BCUT2D eigenvalue weighted by atomic mass is 16.5. The number of carboxylic acids is 2. The number of carboxylic acid groups (broad SMARTS) is 2. The Morgan fingerprint density at radius 1 is 0.926 bits per heavy atom. The fraction of sp³-hybridized carbons (Fsp3) is 0. The maximum Gasteiger partial charge on any atom is 0.356 e. The molecule has 4 rings (SSSR count). The summed E-state index contributed by atoms with van der Waals surface area (Å²) in [4.78, 5) is 22.1. The Labute approximate surface area is 151 Å². The number of hydrogen-bond acceptors (Lipinski definition) is 5. The lowest BCUT2D eigenvalue weighted by Crippen LogP contribution is -2.04. The van der Waals surface area contributed by atoms with Gasteiger partial charge in [0.2, 0.25) is 0 Å². The predicted molar refractivity (Wildman–Crippen MR) is 93.4 cm³/mol. The van der Waals surface area contributed by atoms with E-state index in [0.717, 1.165) is 0 Å². The van der Waals surface area contributed by atoms with Gasteiger partial charge in [-0.25, -0.2) is 14.3 Å². The number of aromatic nitrogens is 4. The SMILES string of the molecule is O=C(O)c1ccc(-c2cn(-c3ccc4cc(C(=O)O)n(O)c4c3)nn2)cc1. The summed E-state index contributed by atoms with van der Waals surface area (Å²) in [6, 6.07) is 12.6. The molecule has 0 unspecified atom stereocenters. The van der Waals surface area contributed by atoms with E-state index >= 15 is 0 Å². The summed E-state index contributed by atoms with van der Waals surface area (Å²) >= 11 is 0. The molecule has 0 spiro atoms. The van der Waals surface area contributed by atoms with Gasteiger partial charge in [0, 0.05) is 10.9 Å². The fourth-order valence-corrected chi connectivity index (χ4v) is 2.78. The molecule has 2 aromatic heterocycles. The maximum atomic E-state index is 11.1. The third-order valence-corrected chi connectivity index (χ3v) is 4.17. The van der Waals surface area contributed by atoms with Gasteiger partial charge in [0.05, 0.1) is 23.0 Å². The van der Waals surface area contributed by atoms with E-state index in [-0.39, 0.29) is 11.3 Å². The Hall–Kier alpha value is -4.14. The molecule has 27 heavy (non-hydrogen) atoms. The average molecular weight is 364 g/mol. The van der Waals surface area contributed by atoms with Crippen LogP contribution in [0.15, 0.2) is 54.7 Å². The summed E-state index contributed by atoms with van der Waals surface area (Å²) in [5.74, 6) is -2.24. The zero-order valence-electron chi connectivity index (χ0n) is 13.6. The zero-order chi connectivity index (χ0) is 19.1. The van der Waals surface area contributed by atoms with Crippen molar-refractivity contribution >= 4 is 22.8 Å². The molecule has 0 fully saturated rings. The fourth-order valence-electron chi connectivity index (χ4n) is 2.78. The lowest BCUT2D eigenvalue weighted by atomic mass is 10.1. The van der Waals surface area contributed by atoms with Crippen molar-refractivity contribution in [2.45, 2.75) is 0 Å². The first-order chi connectivity index (χ1) is 12.9. The Morgan fingerprint density at radius 2 is 1.67 bits per heavy atom. The molecule has 0 atom stereocenters. The largest absolute Gasteiger partial charge is 0.478 e. The van der Waals surface area contributed by atoms with Crippen LogP contribution in [0.3, 0.4) is 0 Å². The molecule has 2 heterocycles. The van der Waals surface area contributed by atoms with Crippen molar-refractivity contribution < 1.29 is 25.0 Å². The van der Waals surface area contributed by atoms with Crippen molar-refractivity contribution in [3.8, 4) is 16.9 Å². The lowest BCUT2D eigenvalue weighted by Gasteiger charge is -2.02. The van der Waals surface area contributed by atoms with Gasteiger partial charge in [0.1, 0.15) is 5.69 Å². The van der Waals surface area contributed by atoms with Crippen molar-refractivity contribution in [1.29, 1.82) is 0 Å². The molecule has 0 aliphatic heterocycles. The first-order valence-corrected chi connectivity index (χ1v) is 7.78. The molecule has 0 amide bonds. The summed E-state index contributed by atoms with van der Waals surface area (Å²) in [5.41, 5.74) is 2.08. The lowest BCUT2D eigenvalue weighted by molar-refractivity contribution is 0.0647. The van der Waals surface area contributed by atoms with Gasteiger partial charge in [0.25, 0.3) is 0 Å². The molecular weight excluding hydrogens is 352 g/mol. The van der Waals surface area contributed by atoms with Gasteiger partial charge in [-0.05, 0) is 30.3 Å². The highest BCUT2D eigenvalue weighted by Gasteiger charge is 2.15. The molecule has 2 aromatic carbocycles. The van der Waals surface area contributed by atoms with Gasteiger partial charge in [-0.3, -0.25) is 0 Å². The van der Waals surface area contributed by atoms with Gasteiger partial charge >= 0.3 is 11.9 Å². The smallest absolute Gasteiger partial charge is 0.356 e. The number of carbonyl (C=O) groups is 2. The number of hydrogen-bond donors (Lipinski definition) is 3. The number of benzene rings is 2. The van der Waals surface area contributed by atoms with E-state index in [1.165, 1.54) is 22.9 Å². The van der Waals surface area contributed by atoms with Crippen LogP contribution in [0.2, 0.25) is 0 Å². The molecule has 9 heteroatoms. The van der Waals surface area contributed by atoms with E-state index in [9.17, 15) is 14.8 Å². The highest BCUT2D eigenvalue weighted by Crippen LogP contribution is 2.23. The van der Waals surface area contributed by atoms with Crippen LogP contribution in [0.1, 0.15) is 20.8 Å². The van der Waals surface area contributed by atoms with E-state index in [0.29, 0.717) is 32.6 Å². The molecule has 0 aliphatic carbocycles. The topological polar surface area (TPSA) is 130 Å². The van der Waals surface area contributed by atoms with E-state index in [1.807, 2.05) is 0 Å². The number of rotatable bonds is 4. The van der Waals surface area contributed by atoms with Gasteiger partial charge in [-0.2, -0.15) is 4.73 Å². The predicted octanol–water partition coefficient (Wildman–Crippen LogP) is 2.52. The second-order valence-electron chi connectivity index (χ2n) is 5.82. The zero-order valence-corrected chi connectivity index (χ0v) is 13.6. The average Bonchev–Trinajstić information content (AvgIpc) is 3.27. The van der Waals surface area contributed by atoms with Crippen LogP contribution in [0.25, 0.3) is 27.8 Å². The highest BCUT2D eigenvalue weighted by molar-refractivity contribution is 5.94. The van der Waals surface area contributed by atoms with Crippen molar-refractivity contribution in [3.63, 3.8) is 0 Å². The standard InChI is InChI=1S/C18H12N4O5/c23-17(24)11-3-1-10(2-4-11)14-9-21(20-19-14)13-6-5-12-7-16(18(25)26)22(27)15(12)8-13/h1-9,27H,(H,23,24)(H,25,26). The molecular formula is C18H12N4O5. The van der Waals surface area contributed by atoms with E-state index < -0.39 is 11.9 Å². The molecule has 0 radical (unpaired) electrons. The van der Waals surface area contributed by atoms with Crippen molar-refractivity contribution in [2.24, 2.45) is 0 Å². The van der Waals surface area contributed by atoms with Gasteiger partial charge < -0.3 is 15.4 Å². The Kier molecular flexibility index (Phi) is 3.62. The molecule has 0 bridgehead atoms. The van der Waals surface area contributed by atoms with Gasteiger partial charge in [-0.15, -0.1) is 5.10 Å². The van der Waals surface area contributed by atoms with Gasteiger partial charge in [-0.1, -0.05) is 23.4 Å². The molecule has 4 aromatic rings. The molecule has 0 saturated carbocycles. The van der Waals surface area contributed by atoms with Crippen LogP contribution in [0.4, 0.5) is 0 Å². The van der Waals surface area contributed by atoms with E-state index in [1.54, 1.807) is 36.5 Å². The Balaban J connectivity index is 1.71. The molecule has 3 N–H and O–H groups in total. The normalized spacial score (nSPS) is 11.0. The van der Waals surface area contributed by atoms with E-state index in [2.05, 4.69) is 10.3 Å². The first-order valence-electron chi connectivity index (χ1n) is 7.78. The number of nitrogens with zero attached hydrogens (tertiary/aromatic N) is 4. The van der Waals surface area contributed by atoms with Crippen molar-refractivity contribution in [1.82, 2.24) is 19.7 Å². The maximum absolute atomic E-state index is 11.1. The van der Waals surface area contributed by atoms with Crippen LogP contribution in [0, 0.1) is 0 Å². The second kappa shape index (κ2) is 5.99. The van der Waals surface area contributed by atoms with Crippen LogP contribution in [-0.2, 0) is 0 Å². The Morgan fingerprint density at radius 3 is 2.33 bits per heavy atom. The minimum absolute atomic E-state index is 0.175. The van der Waals surface area contributed by atoms with Crippen molar-refractivity contribution in [2.75, 3.05) is 0 Å². The minimum Gasteiger partial charge on any atom is -0.478 e. The van der Waals surface area contributed by atoms with Crippen LogP contribution >= 0.6 is 0 Å². The van der Waals surface area contributed by atoms with Crippen LogP contribution < -0.4 is 0 Å². The summed E-state index contributed by atoms with van der Waals surface area (Å²) in [6.07, 6.45) is 1.65. The van der Waals surface area contributed by atoms with E-state index in [4.69, 9.17) is 10.2 Å². The van der Waals surface area contributed by atoms with Crippen molar-refractivity contribution in [3.05, 3.63) is 66.0 Å². The first kappa shape index (κ1) is 16.3. The summed E-state index contributed by atoms with van der Waals surface area (Å²) < 4.78 is 2.09. The summed E-state index contributed by atoms with van der Waals surface area (Å²) in [7, 11) is 0. The minimum atomic E-state index is -1.23. The summed E-state index contributed by atoms with van der Waals surface area (Å²) in [6.45, 7) is 0. The quantitative estimate of drug-likeness (QED) is 0.474. The number of aromatic carboxylic acids is 2. The molecule has 0 aliphatic rings. The Bertz CT molecular complexity index is 1190. The molecule has 9 nitrogen and oxygen atoms in total. The van der Waals surface area contributed by atoms with Crippen LogP contribution in [-0.4, -0.2) is 47.1 Å². The third-order valence-electron chi connectivity index (χ3n) is 4.17. The molecule has 134 valence electrons. The van der Waals surface area contributed by atoms with Gasteiger partial charge in [0.15, 0.2) is 5.69 Å². The monoisotopic (exact) mass is 364 g/mol. The number of fused-ring (bicyclic) bond motifs is 1. The van der Waals surface area contributed by atoms with Crippen LogP contribution in [0.5, 0.6) is 0 Å². The third kappa shape index (κ3) is 2.76.